The fourth-order valence-corrected chi connectivity index (χ4v) is 1.66. The second-order valence-electron chi connectivity index (χ2n) is 3.78. The monoisotopic (exact) mass is 264 g/mol. The summed E-state index contributed by atoms with van der Waals surface area (Å²) in [6.45, 7) is 3.47. The lowest BCUT2D eigenvalue weighted by molar-refractivity contribution is 0.0937. The van der Waals surface area contributed by atoms with Crippen molar-refractivity contribution >= 4 is 18.1 Å². The van der Waals surface area contributed by atoms with Gasteiger partial charge in [-0.2, -0.15) is 4.98 Å². The number of hydrogen-bond donors (Lipinski definition) is 2. The molecule has 2 N–H and O–H groups in total. The Morgan fingerprint density at radius 1 is 1.61 bits per heavy atom. The van der Waals surface area contributed by atoms with Crippen LogP contribution >= 0.6 is 12.2 Å². The Balaban J connectivity index is 2.13. The van der Waals surface area contributed by atoms with Crippen LogP contribution in [0.25, 0.3) is 0 Å². The first-order chi connectivity index (χ1) is 8.58. The van der Waals surface area contributed by atoms with Gasteiger partial charge in [0.2, 0.25) is 5.89 Å². The van der Waals surface area contributed by atoms with Crippen LogP contribution in [0.1, 0.15) is 35.0 Å². The Morgan fingerprint density at radius 2 is 2.39 bits per heavy atom. The van der Waals surface area contributed by atoms with E-state index in [1.165, 1.54) is 0 Å². The summed E-state index contributed by atoms with van der Waals surface area (Å²) in [6.07, 6.45) is 1.67. The number of hydrogen-bond acceptors (Lipinski definition) is 5. The number of pyridine rings is 1. The van der Waals surface area contributed by atoms with Crippen LogP contribution in [0.2, 0.25) is 0 Å². The number of aromatic nitrogens is 3. The molecule has 0 bridgehead atoms. The Kier molecular flexibility index (Phi) is 3.52. The van der Waals surface area contributed by atoms with Gasteiger partial charge in [0.15, 0.2) is 5.82 Å². The molecule has 0 saturated carbocycles. The number of rotatable bonds is 3. The summed E-state index contributed by atoms with van der Waals surface area (Å²) in [7, 11) is 0. The van der Waals surface area contributed by atoms with Gasteiger partial charge in [0.1, 0.15) is 4.64 Å². The van der Waals surface area contributed by atoms with E-state index in [0.717, 1.165) is 0 Å². The zero-order chi connectivity index (χ0) is 13.1. The summed E-state index contributed by atoms with van der Waals surface area (Å²) >= 11 is 5.04. The molecule has 18 heavy (non-hydrogen) atoms. The van der Waals surface area contributed by atoms with Gasteiger partial charge in [-0.3, -0.25) is 4.79 Å². The molecule has 2 rings (SSSR count). The van der Waals surface area contributed by atoms with Gasteiger partial charge < -0.3 is 14.8 Å². The average molecular weight is 264 g/mol. The number of aryl methyl sites for hydroxylation is 1. The Labute approximate surface area is 108 Å². The molecule has 1 amide bonds. The summed E-state index contributed by atoms with van der Waals surface area (Å²) in [5, 5.41) is 6.51. The third kappa shape index (κ3) is 2.62. The van der Waals surface area contributed by atoms with Crippen LogP contribution in [0.3, 0.4) is 0 Å². The number of H-pyrrole nitrogens is 1. The lowest BCUT2D eigenvalue weighted by Crippen LogP contribution is -2.27. The average Bonchev–Trinajstić information content (AvgIpc) is 2.76. The summed E-state index contributed by atoms with van der Waals surface area (Å²) in [5.41, 5.74) is 0.416. The maximum atomic E-state index is 12.0. The van der Waals surface area contributed by atoms with Crippen molar-refractivity contribution in [3.05, 3.63) is 40.2 Å². The lowest BCUT2D eigenvalue weighted by atomic mass is 10.2. The third-order valence-corrected chi connectivity index (χ3v) is 2.68. The highest BCUT2D eigenvalue weighted by atomic mass is 32.1. The molecule has 2 heterocycles. The van der Waals surface area contributed by atoms with Crippen molar-refractivity contribution in [2.45, 2.75) is 19.9 Å². The summed E-state index contributed by atoms with van der Waals surface area (Å²) in [5.74, 6) is 0.626. The zero-order valence-electron chi connectivity index (χ0n) is 9.93. The van der Waals surface area contributed by atoms with E-state index in [2.05, 4.69) is 20.4 Å². The van der Waals surface area contributed by atoms with Gasteiger partial charge in [-0.05, 0) is 19.1 Å². The number of nitrogens with one attached hydrogen (secondary N) is 2. The summed E-state index contributed by atoms with van der Waals surface area (Å²) < 4.78 is 5.25. The Bertz CT molecular complexity index is 619. The fraction of sp³-hybridized carbons (Fsp3) is 0.273. The first kappa shape index (κ1) is 12.4. The topological polar surface area (TPSA) is 83.8 Å². The van der Waals surface area contributed by atoms with Crippen LogP contribution < -0.4 is 5.32 Å². The molecule has 0 aliphatic carbocycles. The predicted octanol–water partition coefficient (Wildman–Crippen LogP) is 1.93. The molecular weight excluding hydrogens is 252 g/mol. The van der Waals surface area contributed by atoms with Crippen molar-refractivity contribution in [1.29, 1.82) is 0 Å². The molecule has 0 radical (unpaired) electrons. The van der Waals surface area contributed by atoms with Crippen LogP contribution in [-0.4, -0.2) is 21.0 Å². The number of amides is 1. The van der Waals surface area contributed by atoms with Crippen molar-refractivity contribution in [3.63, 3.8) is 0 Å². The van der Waals surface area contributed by atoms with E-state index in [1.807, 2.05) is 0 Å². The molecule has 0 spiro atoms. The van der Waals surface area contributed by atoms with Crippen LogP contribution in [0.4, 0.5) is 0 Å². The van der Waals surface area contributed by atoms with E-state index in [0.29, 0.717) is 21.9 Å². The van der Waals surface area contributed by atoms with E-state index < -0.39 is 0 Å². The van der Waals surface area contributed by atoms with Crippen molar-refractivity contribution in [3.8, 4) is 0 Å². The van der Waals surface area contributed by atoms with Gasteiger partial charge in [0.05, 0.1) is 11.6 Å². The van der Waals surface area contributed by atoms with Gasteiger partial charge in [0.25, 0.3) is 5.91 Å². The van der Waals surface area contributed by atoms with Crippen molar-refractivity contribution in [2.24, 2.45) is 0 Å². The van der Waals surface area contributed by atoms with Crippen LogP contribution in [0.5, 0.6) is 0 Å². The first-order valence-corrected chi connectivity index (χ1v) is 5.77. The van der Waals surface area contributed by atoms with Gasteiger partial charge in [0, 0.05) is 13.1 Å². The second kappa shape index (κ2) is 5.09. The number of aromatic amines is 1. The lowest BCUT2D eigenvalue weighted by Gasteiger charge is -2.09. The van der Waals surface area contributed by atoms with E-state index in [1.54, 1.807) is 32.2 Å². The minimum atomic E-state index is -0.343. The van der Waals surface area contributed by atoms with Gasteiger partial charge in [-0.25, -0.2) is 0 Å². The Morgan fingerprint density at radius 3 is 3.00 bits per heavy atom. The molecule has 0 aliphatic heterocycles. The first-order valence-electron chi connectivity index (χ1n) is 5.36. The summed E-state index contributed by atoms with van der Waals surface area (Å²) in [4.78, 5) is 18.8. The molecule has 2 aromatic heterocycles. The molecule has 1 atom stereocenters. The van der Waals surface area contributed by atoms with Crippen molar-refractivity contribution < 1.29 is 9.32 Å². The fourth-order valence-electron chi connectivity index (χ4n) is 1.43. The van der Waals surface area contributed by atoms with E-state index in [4.69, 9.17) is 16.7 Å². The van der Waals surface area contributed by atoms with Crippen molar-refractivity contribution in [2.75, 3.05) is 0 Å². The molecule has 0 aromatic carbocycles. The molecule has 0 aliphatic rings. The molecule has 0 fully saturated rings. The van der Waals surface area contributed by atoms with E-state index in [9.17, 15) is 4.79 Å². The second-order valence-corrected chi connectivity index (χ2v) is 4.19. The van der Waals surface area contributed by atoms with Crippen LogP contribution in [0.15, 0.2) is 22.9 Å². The standard InChI is InChI=1S/C11H12N4O2S/c1-6(9-14-7(2)17-15-9)13-10(16)8-4-3-5-12-11(8)18/h3-6H,1-2H3,(H,12,18)(H,13,16)/t6-/m1/s1. The molecular formula is C11H12N4O2S. The van der Waals surface area contributed by atoms with Crippen molar-refractivity contribution in [1.82, 2.24) is 20.4 Å². The normalized spacial score (nSPS) is 12.1. The zero-order valence-corrected chi connectivity index (χ0v) is 10.7. The van der Waals surface area contributed by atoms with E-state index >= 15 is 0 Å². The molecule has 0 saturated heterocycles. The maximum absolute atomic E-state index is 12.0. The quantitative estimate of drug-likeness (QED) is 0.827. The predicted molar refractivity (Wildman–Crippen MR) is 66.5 cm³/mol. The molecule has 2 aromatic rings. The highest BCUT2D eigenvalue weighted by Gasteiger charge is 2.16. The minimum absolute atomic E-state index is 0.271. The highest BCUT2D eigenvalue weighted by molar-refractivity contribution is 7.71. The number of carbonyl (C=O) groups is 1. The van der Waals surface area contributed by atoms with Gasteiger partial charge >= 0.3 is 0 Å². The van der Waals surface area contributed by atoms with Crippen LogP contribution in [0, 0.1) is 11.6 Å². The maximum Gasteiger partial charge on any atom is 0.254 e. The highest BCUT2D eigenvalue weighted by Crippen LogP contribution is 2.09. The smallest absolute Gasteiger partial charge is 0.254 e. The SMILES string of the molecule is Cc1nc([C@@H](C)NC(=O)c2ccc[nH]c2=S)no1. The summed E-state index contributed by atoms with van der Waals surface area (Å²) in [6, 6.07) is 3.03. The molecule has 6 nitrogen and oxygen atoms in total. The number of carbonyl (C=O) groups excluding carboxylic acids is 1. The molecule has 0 unspecified atom stereocenters. The Hall–Kier alpha value is -2.02. The van der Waals surface area contributed by atoms with Gasteiger partial charge in [-0.1, -0.05) is 17.4 Å². The van der Waals surface area contributed by atoms with Crippen LogP contribution in [-0.2, 0) is 0 Å². The minimum Gasteiger partial charge on any atom is -0.352 e. The largest absolute Gasteiger partial charge is 0.352 e. The molecule has 94 valence electrons. The van der Waals surface area contributed by atoms with E-state index in [-0.39, 0.29) is 11.9 Å². The van der Waals surface area contributed by atoms with Gasteiger partial charge in [-0.15, -0.1) is 0 Å². The molecule has 7 heteroatoms. The third-order valence-electron chi connectivity index (χ3n) is 2.34. The number of nitrogens with zero attached hydrogens (tertiary/aromatic N) is 2.